The van der Waals surface area contributed by atoms with Crippen molar-refractivity contribution in [1.82, 2.24) is 20.5 Å². The Morgan fingerprint density at radius 3 is 2.54 bits per heavy atom. The number of carbonyl (C=O) groups excluding carboxylic acids is 1. The molecule has 0 spiro atoms. The molecule has 1 atom stereocenters. The van der Waals surface area contributed by atoms with Crippen molar-refractivity contribution >= 4 is 23.7 Å². The summed E-state index contributed by atoms with van der Waals surface area (Å²) < 4.78 is 5.51. The Bertz CT molecular complexity index is 1370. The van der Waals surface area contributed by atoms with Crippen LogP contribution in [0.15, 0.2) is 71.4 Å². The third-order valence-corrected chi connectivity index (χ3v) is 5.93. The van der Waals surface area contributed by atoms with Crippen LogP contribution in [0.25, 0.3) is 22.6 Å². The molecule has 1 aliphatic rings. The Morgan fingerprint density at radius 2 is 1.86 bits per heavy atom. The molecule has 2 amide bonds. The number of carboxylic acid groups (broad SMARTS) is 1. The summed E-state index contributed by atoms with van der Waals surface area (Å²) in [6.07, 6.45) is 2.88. The largest absolute Gasteiger partial charge is 0.465 e. The fraction of sp³-hybridized carbons (Fsp3) is 0.160. The van der Waals surface area contributed by atoms with Crippen molar-refractivity contribution in [2.24, 2.45) is 0 Å². The molecule has 2 aromatic carbocycles. The fourth-order valence-electron chi connectivity index (χ4n) is 4.37. The number of nitrogen functional groups attached to an aromatic ring is 1. The second-order valence-electron chi connectivity index (χ2n) is 8.13. The third kappa shape index (κ3) is 4.54. The van der Waals surface area contributed by atoms with E-state index in [-0.39, 0.29) is 24.2 Å². The van der Waals surface area contributed by atoms with Gasteiger partial charge in [-0.05, 0) is 52.9 Å². The minimum absolute atomic E-state index is 0.0532. The van der Waals surface area contributed by atoms with Crippen molar-refractivity contribution in [1.29, 1.82) is 0 Å². The van der Waals surface area contributed by atoms with E-state index in [4.69, 9.17) is 10.2 Å². The summed E-state index contributed by atoms with van der Waals surface area (Å²) >= 11 is 0. The molecular weight excluding hydrogens is 448 g/mol. The second-order valence-corrected chi connectivity index (χ2v) is 8.13. The van der Waals surface area contributed by atoms with E-state index in [9.17, 15) is 14.7 Å². The molecule has 10 nitrogen and oxygen atoms in total. The van der Waals surface area contributed by atoms with Crippen molar-refractivity contribution in [2.75, 3.05) is 17.2 Å². The zero-order valence-electron chi connectivity index (χ0n) is 18.6. The molecule has 0 aliphatic carbocycles. The van der Waals surface area contributed by atoms with Gasteiger partial charge in [-0.1, -0.05) is 35.4 Å². The first-order valence-corrected chi connectivity index (χ1v) is 11.0. The summed E-state index contributed by atoms with van der Waals surface area (Å²) in [6, 6.07) is 15.9. The number of carbonyl (C=O) groups is 2. The lowest BCUT2D eigenvalue weighted by molar-refractivity contribution is -0.120. The third-order valence-electron chi connectivity index (χ3n) is 5.93. The number of fused-ring (bicyclic) bond motifs is 1. The number of nitrogens with zero attached hydrogens (tertiary/aromatic N) is 4. The van der Waals surface area contributed by atoms with E-state index in [1.165, 1.54) is 0 Å². The lowest BCUT2D eigenvalue weighted by Crippen LogP contribution is -2.49. The lowest BCUT2D eigenvalue weighted by Gasteiger charge is -2.25. The summed E-state index contributed by atoms with van der Waals surface area (Å²) in [5.41, 5.74) is 10.4. The first-order chi connectivity index (χ1) is 17.0. The smallest absolute Gasteiger partial charge is 0.405 e. The average Bonchev–Trinajstić information content (AvgIpc) is 3.50. The van der Waals surface area contributed by atoms with Gasteiger partial charge in [-0.25, -0.2) is 4.79 Å². The zero-order valence-corrected chi connectivity index (χ0v) is 18.6. The molecule has 3 heterocycles. The zero-order chi connectivity index (χ0) is 24.4. The van der Waals surface area contributed by atoms with Crippen LogP contribution < -0.4 is 16.0 Å². The first kappa shape index (κ1) is 22.1. The SMILES string of the molecule is Nc1nnc(-c2cc(-c3ccncc3)cc3c2CCN3C(=O)[C@H](Cc2ccccc2)NC(=O)O)o1. The predicted molar refractivity (Wildman–Crippen MR) is 129 cm³/mol. The maximum Gasteiger partial charge on any atom is 0.405 e. The topological polar surface area (TPSA) is 147 Å². The normalized spacial score (nSPS) is 13.3. The van der Waals surface area contributed by atoms with Gasteiger partial charge in [-0.2, -0.15) is 0 Å². The highest BCUT2D eigenvalue weighted by atomic mass is 16.4. The molecule has 4 N–H and O–H groups in total. The van der Waals surface area contributed by atoms with Crippen molar-refractivity contribution < 1.29 is 19.1 Å². The highest BCUT2D eigenvalue weighted by Crippen LogP contribution is 2.40. The number of aromatic nitrogens is 3. The highest BCUT2D eigenvalue weighted by molar-refractivity contribution is 6.02. The van der Waals surface area contributed by atoms with E-state index in [2.05, 4.69) is 20.5 Å². The monoisotopic (exact) mass is 470 g/mol. The van der Waals surface area contributed by atoms with E-state index in [0.717, 1.165) is 22.3 Å². The van der Waals surface area contributed by atoms with Gasteiger partial charge in [-0.15, -0.1) is 5.10 Å². The maximum atomic E-state index is 13.7. The van der Waals surface area contributed by atoms with Crippen LogP contribution in [0.3, 0.4) is 0 Å². The standard InChI is InChI=1S/C25H22N6O4/c26-24-30-29-22(35-24)19-13-17(16-6-9-27-10-7-16)14-21-18(19)8-11-31(21)23(32)20(28-25(33)34)12-15-4-2-1-3-5-15/h1-7,9-10,13-14,20,28H,8,11-12H2,(H2,26,30)(H,33,34)/t20-/m0/s1. The Balaban J connectivity index is 1.57. The number of anilines is 2. The van der Waals surface area contributed by atoms with Gasteiger partial charge in [-0.3, -0.25) is 9.78 Å². The molecule has 0 unspecified atom stereocenters. The molecule has 5 rings (SSSR count). The Morgan fingerprint density at radius 1 is 1.09 bits per heavy atom. The van der Waals surface area contributed by atoms with E-state index >= 15 is 0 Å². The minimum Gasteiger partial charge on any atom is -0.465 e. The lowest BCUT2D eigenvalue weighted by atomic mass is 9.97. The van der Waals surface area contributed by atoms with Gasteiger partial charge < -0.3 is 25.5 Å². The van der Waals surface area contributed by atoms with Gasteiger partial charge in [0.25, 0.3) is 0 Å². The van der Waals surface area contributed by atoms with Crippen LogP contribution in [0, 0.1) is 0 Å². The van der Waals surface area contributed by atoms with Gasteiger partial charge >= 0.3 is 12.1 Å². The summed E-state index contributed by atoms with van der Waals surface area (Å²) in [7, 11) is 0. The van der Waals surface area contributed by atoms with Gasteiger partial charge in [0.2, 0.25) is 11.8 Å². The number of hydrogen-bond acceptors (Lipinski definition) is 7. The van der Waals surface area contributed by atoms with Crippen LogP contribution in [0.5, 0.6) is 0 Å². The summed E-state index contributed by atoms with van der Waals surface area (Å²) in [4.78, 5) is 30.9. The molecule has 4 aromatic rings. The molecule has 0 saturated carbocycles. The van der Waals surface area contributed by atoms with Crippen LogP contribution >= 0.6 is 0 Å². The highest BCUT2D eigenvalue weighted by Gasteiger charge is 2.34. The maximum absolute atomic E-state index is 13.7. The van der Waals surface area contributed by atoms with Crippen molar-refractivity contribution in [3.8, 4) is 22.6 Å². The predicted octanol–water partition coefficient (Wildman–Crippen LogP) is 3.15. The Kier molecular flexibility index (Phi) is 5.84. The number of pyridine rings is 1. The molecule has 0 radical (unpaired) electrons. The number of hydrogen-bond donors (Lipinski definition) is 3. The number of nitrogens with one attached hydrogen (secondary N) is 1. The molecule has 1 aliphatic heterocycles. The fourth-order valence-corrected chi connectivity index (χ4v) is 4.37. The Hall–Kier alpha value is -4.73. The molecule has 176 valence electrons. The first-order valence-electron chi connectivity index (χ1n) is 11.0. The van der Waals surface area contributed by atoms with Crippen LogP contribution in [0.4, 0.5) is 16.5 Å². The summed E-state index contributed by atoms with van der Waals surface area (Å²) in [6.45, 7) is 0.386. The van der Waals surface area contributed by atoms with E-state index in [1.807, 2.05) is 54.6 Å². The van der Waals surface area contributed by atoms with E-state index < -0.39 is 12.1 Å². The number of nitrogens with two attached hydrogens (primary N) is 1. The van der Waals surface area contributed by atoms with Crippen LogP contribution in [0.2, 0.25) is 0 Å². The van der Waals surface area contributed by atoms with E-state index in [0.29, 0.717) is 24.2 Å². The minimum atomic E-state index is -1.26. The number of amides is 2. The molecular formula is C25H22N6O4. The molecule has 2 aromatic heterocycles. The second kappa shape index (κ2) is 9.26. The summed E-state index contributed by atoms with van der Waals surface area (Å²) in [5, 5.41) is 19.6. The molecule has 0 fully saturated rings. The quantitative estimate of drug-likeness (QED) is 0.389. The van der Waals surface area contributed by atoms with Crippen molar-refractivity contribution in [2.45, 2.75) is 18.9 Å². The molecule has 35 heavy (non-hydrogen) atoms. The average molecular weight is 470 g/mol. The van der Waals surface area contributed by atoms with Gasteiger partial charge in [0, 0.05) is 36.6 Å². The molecule has 0 saturated heterocycles. The van der Waals surface area contributed by atoms with Crippen LogP contribution in [-0.4, -0.2) is 44.9 Å². The van der Waals surface area contributed by atoms with Gasteiger partial charge in [0.15, 0.2) is 0 Å². The summed E-state index contributed by atoms with van der Waals surface area (Å²) in [5.74, 6) is -0.0775. The van der Waals surface area contributed by atoms with E-state index in [1.54, 1.807) is 17.3 Å². The number of rotatable bonds is 6. The number of benzene rings is 2. The van der Waals surface area contributed by atoms with Crippen molar-refractivity contribution in [3.63, 3.8) is 0 Å². The van der Waals surface area contributed by atoms with Crippen LogP contribution in [-0.2, 0) is 17.6 Å². The molecule has 0 bridgehead atoms. The molecule has 10 heteroatoms. The van der Waals surface area contributed by atoms with Crippen molar-refractivity contribution in [3.05, 3.63) is 78.1 Å². The van der Waals surface area contributed by atoms with Gasteiger partial charge in [0.1, 0.15) is 6.04 Å². The van der Waals surface area contributed by atoms with Crippen LogP contribution in [0.1, 0.15) is 11.1 Å². The van der Waals surface area contributed by atoms with Gasteiger partial charge in [0.05, 0.1) is 0 Å². The Labute approximate surface area is 200 Å².